The van der Waals surface area contributed by atoms with Crippen LogP contribution >= 0.6 is 7.37 Å². The van der Waals surface area contributed by atoms with Crippen molar-refractivity contribution in [2.24, 2.45) is 5.92 Å². The highest BCUT2D eigenvalue weighted by Crippen LogP contribution is 2.45. The number of carbonyl (C=O) groups excluding carboxylic acids is 2. The number of rotatable bonds is 10. The van der Waals surface area contributed by atoms with Gasteiger partial charge in [-0.15, -0.1) is 0 Å². The third kappa shape index (κ3) is 7.28. The molecule has 0 aliphatic carbocycles. The lowest BCUT2D eigenvalue weighted by atomic mass is 10.0. The first-order valence-electron chi connectivity index (χ1n) is 11.2. The van der Waals surface area contributed by atoms with Crippen LogP contribution in [0.3, 0.4) is 0 Å². The summed E-state index contributed by atoms with van der Waals surface area (Å²) in [6, 6.07) is 9.72. The van der Waals surface area contributed by atoms with Gasteiger partial charge in [0.2, 0.25) is 19.2 Å². The topological polar surface area (TPSA) is 134 Å². The lowest BCUT2D eigenvalue weighted by Gasteiger charge is -2.42. The molecule has 11 heteroatoms. The van der Waals surface area contributed by atoms with Crippen LogP contribution in [0, 0.1) is 5.92 Å². The highest BCUT2D eigenvalue weighted by atomic mass is 31.2. The van der Waals surface area contributed by atoms with Crippen molar-refractivity contribution in [1.29, 1.82) is 0 Å². The fourth-order valence-corrected chi connectivity index (χ4v) is 6.13. The molecule has 2 N–H and O–H groups in total. The highest BCUT2D eigenvalue weighted by molar-refractivity contribution is 7.58. The Morgan fingerprint density at radius 1 is 1.15 bits per heavy atom. The standard InChI is InChI=1S/C22H31N2O8P/c25-19-11-10-18(21(26)24-20(32-22(27)28)9-6-12-23(19)24)16-33(29,30)14-5-4-13-31-15-17-7-2-1-3-8-17/h1-3,7-8,18,20H,4-6,9-16H2,(H,27,28)(H,29,30)/t18-,20+/m1/s1. The lowest BCUT2D eigenvalue weighted by molar-refractivity contribution is -0.196. The molecule has 2 heterocycles. The Morgan fingerprint density at radius 2 is 1.91 bits per heavy atom. The van der Waals surface area contributed by atoms with Crippen LogP contribution in [-0.2, 0) is 30.2 Å². The summed E-state index contributed by atoms with van der Waals surface area (Å²) in [5.74, 6) is -1.69. The van der Waals surface area contributed by atoms with E-state index in [1.54, 1.807) is 0 Å². The Morgan fingerprint density at radius 3 is 2.64 bits per heavy atom. The average molecular weight is 482 g/mol. The maximum absolute atomic E-state index is 13.2. The third-order valence-electron chi connectivity index (χ3n) is 5.82. The predicted molar refractivity (Wildman–Crippen MR) is 118 cm³/mol. The van der Waals surface area contributed by atoms with Gasteiger partial charge in [-0.1, -0.05) is 30.3 Å². The van der Waals surface area contributed by atoms with Gasteiger partial charge in [0, 0.05) is 44.2 Å². The van der Waals surface area contributed by atoms with Crippen molar-refractivity contribution in [1.82, 2.24) is 10.0 Å². The number of hydrogen-bond acceptors (Lipinski definition) is 6. The molecule has 10 nitrogen and oxygen atoms in total. The molecule has 2 amide bonds. The second-order valence-electron chi connectivity index (χ2n) is 8.41. The minimum Gasteiger partial charge on any atom is -0.450 e. The van der Waals surface area contributed by atoms with E-state index >= 15 is 0 Å². The Balaban J connectivity index is 1.51. The Kier molecular flexibility index (Phi) is 8.88. The number of hydrogen-bond donors (Lipinski definition) is 2. The molecule has 0 saturated carbocycles. The molecule has 2 fully saturated rings. The van der Waals surface area contributed by atoms with Crippen LogP contribution in [0.15, 0.2) is 30.3 Å². The van der Waals surface area contributed by atoms with E-state index in [1.165, 1.54) is 5.01 Å². The molecule has 1 aromatic carbocycles. The number of benzene rings is 1. The molecule has 2 aliphatic rings. The van der Waals surface area contributed by atoms with E-state index in [9.17, 15) is 23.8 Å². The first-order valence-corrected chi connectivity index (χ1v) is 13.3. The maximum atomic E-state index is 13.2. The summed E-state index contributed by atoms with van der Waals surface area (Å²) < 4.78 is 23.2. The largest absolute Gasteiger partial charge is 0.507 e. The number of ether oxygens (including phenoxy) is 2. The van der Waals surface area contributed by atoms with E-state index in [2.05, 4.69) is 0 Å². The molecule has 0 spiro atoms. The molecule has 2 saturated heterocycles. The summed E-state index contributed by atoms with van der Waals surface area (Å²) in [7, 11) is -3.63. The number of amides is 2. The molecule has 0 aromatic heterocycles. The Bertz CT molecular complexity index is 880. The van der Waals surface area contributed by atoms with Gasteiger partial charge in [0.1, 0.15) is 0 Å². The fraction of sp³-hybridized carbons (Fsp3) is 0.591. The monoisotopic (exact) mass is 482 g/mol. The van der Waals surface area contributed by atoms with E-state index in [1.807, 2.05) is 30.3 Å². The summed E-state index contributed by atoms with van der Waals surface area (Å²) >= 11 is 0. The minimum atomic E-state index is -3.63. The quantitative estimate of drug-likeness (QED) is 0.295. The number of carbonyl (C=O) groups is 3. The summed E-state index contributed by atoms with van der Waals surface area (Å²) in [6.07, 6.45) is -0.761. The molecular formula is C22H31N2O8P. The zero-order valence-electron chi connectivity index (χ0n) is 18.5. The summed E-state index contributed by atoms with van der Waals surface area (Å²) in [5.41, 5.74) is 1.06. The second kappa shape index (κ2) is 11.6. The Labute approximate surface area is 192 Å². The van der Waals surface area contributed by atoms with Crippen LogP contribution in [0.5, 0.6) is 0 Å². The second-order valence-corrected chi connectivity index (χ2v) is 10.9. The molecule has 0 radical (unpaired) electrons. The molecule has 1 unspecified atom stereocenters. The lowest BCUT2D eigenvalue weighted by Crippen LogP contribution is -2.59. The van der Waals surface area contributed by atoms with Crippen LogP contribution in [0.2, 0.25) is 0 Å². The van der Waals surface area contributed by atoms with Crippen molar-refractivity contribution in [3.8, 4) is 0 Å². The zero-order chi connectivity index (χ0) is 23.8. The summed E-state index contributed by atoms with van der Waals surface area (Å²) in [4.78, 5) is 47.2. The molecule has 3 rings (SSSR count). The van der Waals surface area contributed by atoms with Crippen LogP contribution in [0.25, 0.3) is 0 Å². The highest BCUT2D eigenvalue weighted by Gasteiger charge is 2.44. The van der Waals surface area contributed by atoms with Gasteiger partial charge in [-0.3, -0.25) is 14.2 Å². The summed E-state index contributed by atoms with van der Waals surface area (Å²) in [6.45, 7) is 1.23. The minimum absolute atomic E-state index is 0.0538. The molecule has 3 atom stereocenters. The van der Waals surface area contributed by atoms with Gasteiger partial charge in [-0.2, -0.15) is 0 Å². The van der Waals surface area contributed by atoms with E-state index in [4.69, 9.17) is 14.6 Å². The first-order chi connectivity index (χ1) is 15.8. The molecule has 2 aliphatic heterocycles. The van der Waals surface area contributed by atoms with Crippen molar-refractivity contribution >= 4 is 25.3 Å². The number of unbranched alkanes of at least 4 members (excludes halogenated alkanes) is 1. The smallest absolute Gasteiger partial charge is 0.450 e. The first kappa shape index (κ1) is 25.2. The molecule has 33 heavy (non-hydrogen) atoms. The van der Waals surface area contributed by atoms with Gasteiger partial charge in [-0.05, 0) is 31.2 Å². The van der Waals surface area contributed by atoms with E-state index in [-0.39, 0.29) is 44.0 Å². The van der Waals surface area contributed by atoms with Gasteiger partial charge in [0.15, 0.2) is 6.23 Å². The number of fused-ring (bicyclic) bond motifs is 1. The summed E-state index contributed by atoms with van der Waals surface area (Å²) in [5, 5.41) is 11.3. The van der Waals surface area contributed by atoms with Crippen molar-refractivity contribution in [2.75, 3.05) is 25.5 Å². The Hall–Kier alpha value is -2.42. The molecule has 1 aromatic rings. The molecule has 0 bridgehead atoms. The van der Waals surface area contributed by atoms with Gasteiger partial charge in [-0.25, -0.2) is 14.8 Å². The normalized spacial score (nSPS) is 22.9. The van der Waals surface area contributed by atoms with Gasteiger partial charge < -0.3 is 19.5 Å². The van der Waals surface area contributed by atoms with Crippen molar-refractivity contribution < 1.29 is 38.4 Å². The van der Waals surface area contributed by atoms with Gasteiger partial charge >= 0.3 is 6.16 Å². The SMILES string of the molecule is O=C(O)O[C@H]1CCCN2C(=O)CC[C@H](CP(=O)(O)CCCCOCc3ccccc3)C(=O)N12. The predicted octanol–water partition coefficient (Wildman–Crippen LogP) is 3.05. The van der Waals surface area contributed by atoms with Crippen molar-refractivity contribution in [2.45, 2.75) is 51.4 Å². The molecule has 182 valence electrons. The number of hydrazine groups is 1. The van der Waals surface area contributed by atoms with Crippen LogP contribution in [0.4, 0.5) is 4.79 Å². The van der Waals surface area contributed by atoms with Gasteiger partial charge in [0.25, 0.3) is 0 Å². The van der Waals surface area contributed by atoms with Crippen LogP contribution < -0.4 is 0 Å². The van der Waals surface area contributed by atoms with Crippen molar-refractivity contribution in [3.63, 3.8) is 0 Å². The maximum Gasteiger partial charge on any atom is 0.507 e. The van der Waals surface area contributed by atoms with Crippen molar-refractivity contribution in [3.05, 3.63) is 35.9 Å². The number of nitrogens with zero attached hydrogens (tertiary/aromatic N) is 2. The van der Waals surface area contributed by atoms with Crippen LogP contribution in [-0.4, -0.2) is 69.7 Å². The zero-order valence-corrected chi connectivity index (χ0v) is 19.4. The van der Waals surface area contributed by atoms with E-state index in [0.29, 0.717) is 32.5 Å². The molecular weight excluding hydrogens is 451 g/mol. The van der Waals surface area contributed by atoms with E-state index < -0.39 is 31.6 Å². The third-order valence-corrected chi connectivity index (χ3v) is 7.85. The van der Waals surface area contributed by atoms with Gasteiger partial charge in [0.05, 0.1) is 6.61 Å². The number of carboxylic acid groups (broad SMARTS) is 1. The average Bonchev–Trinajstić information content (AvgIpc) is 2.89. The van der Waals surface area contributed by atoms with Crippen LogP contribution in [0.1, 0.15) is 44.1 Å². The van der Waals surface area contributed by atoms with E-state index in [0.717, 1.165) is 10.6 Å². The fourth-order valence-electron chi connectivity index (χ4n) is 4.20.